The maximum absolute atomic E-state index is 12.2. The van der Waals surface area contributed by atoms with E-state index in [1.807, 2.05) is 24.3 Å². The van der Waals surface area contributed by atoms with E-state index in [0.29, 0.717) is 18.8 Å². The van der Waals surface area contributed by atoms with Gasteiger partial charge in [0.15, 0.2) is 10.9 Å². The minimum Gasteiger partial charge on any atom is -0.459 e. The van der Waals surface area contributed by atoms with Crippen LogP contribution in [0.25, 0.3) is 0 Å². The number of rotatable bonds is 4. The van der Waals surface area contributed by atoms with Crippen molar-refractivity contribution in [2.75, 3.05) is 32.7 Å². The number of benzene rings is 1. The molecule has 132 valence electrons. The van der Waals surface area contributed by atoms with Crippen molar-refractivity contribution in [3.8, 4) is 0 Å². The molecule has 2 heterocycles. The fourth-order valence-corrected chi connectivity index (χ4v) is 3.16. The van der Waals surface area contributed by atoms with Gasteiger partial charge in [-0.2, -0.15) is 0 Å². The summed E-state index contributed by atoms with van der Waals surface area (Å²) in [6.07, 6.45) is 2.40. The van der Waals surface area contributed by atoms with Crippen LogP contribution in [0.1, 0.15) is 16.1 Å². The molecule has 0 saturated carbocycles. The Kier molecular flexibility index (Phi) is 5.94. The summed E-state index contributed by atoms with van der Waals surface area (Å²) < 4.78 is 5.17. The molecule has 1 amide bonds. The van der Waals surface area contributed by atoms with Gasteiger partial charge in [0, 0.05) is 37.7 Å². The minimum atomic E-state index is -0.0636. The van der Waals surface area contributed by atoms with Gasteiger partial charge in [-0.1, -0.05) is 23.7 Å². The first-order valence-corrected chi connectivity index (χ1v) is 9.02. The molecule has 1 fully saturated rings. The molecule has 0 radical (unpaired) electrons. The molecule has 2 aromatic rings. The zero-order valence-electron chi connectivity index (χ0n) is 13.8. The van der Waals surface area contributed by atoms with Gasteiger partial charge < -0.3 is 19.5 Å². The smallest absolute Gasteiger partial charge is 0.289 e. The van der Waals surface area contributed by atoms with Crippen LogP contribution in [-0.2, 0) is 6.42 Å². The highest BCUT2D eigenvalue weighted by Crippen LogP contribution is 2.11. The van der Waals surface area contributed by atoms with Gasteiger partial charge in [0.05, 0.1) is 6.26 Å². The van der Waals surface area contributed by atoms with Crippen molar-refractivity contribution in [3.05, 3.63) is 59.0 Å². The van der Waals surface area contributed by atoms with Gasteiger partial charge in [0.2, 0.25) is 0 Å². The molecule has 0 bridgehead atoms. The highest BCUT2D eigenvalue weighted by atomic mass is 35.5. The molecule has 5 nitrogen and oxygen atoms in total. The molecule has 1 aliphatic rings. The van der Waals surface area contributed by atoms with Crippen molar-refractivity contribution in [3.63, 3.8) is 0 Å². The fourth-order valence-electron chi connectivity index (χ4n) is 2.75. The van der Waals surface area contributed by atoms with Crippen molar-refractivity contribution in [1.82, 2.24) is 15.1 Å². The lowest BCUT2D eigenvalue weighted by Crippen LogP contribution is -2.53. The zero-order chi connectivity index (χ0) is 17.6. The van der Waals surface area contributed by atoms with E-state index in [4.69, 9.17) is 28.2 Å². The van der Waals surface area contributed by atoms with Crippen LogP contribution in [0, 0.1) is 0 Å². The summed E-state index contributed by atoms with van der Waals surface area (Å²) in [6, 6.07) is 11.2. The van der Waals surface area contributed by atoms with Crippen molar-refractivity contribution >= 4 is 34.8 Å². The van der Waals surface area contributed by atoms with Crippen molar-refractivity contribution in [1.29, 1.82) is 0 Å². The number of carbonyl (C=O) groups excluding carboxylic acids is 1. The van der Waals surface area contributed by atoms with E-state index in [9.17, 15) is 4.79 Å². The third-order valence-electron chi connectivity index (χ3n) is 4.19. The van der Waals surface area contributed by atoms with E-state index < -0.39 is 0 Å². The summed E-state index contributed by atoms with van der Waals surface area (Å²) in [7, 11) is 0. The Labute approximate surface area is 157 Å². The Morgan fingerprint density at radius 1 is 1.12 bits per heavy atom. The fraction of sp³-hybridized carbons (Fsp3) is 0.333. The molecule has 1 aromatic heterocycles. The second-order valence-electron chi connectivity index (χ2n) is 5.86. The van der Waals surface area contributed by atoms with Crippen LogP contribution in [0.15, 0.2) is 47.1 Å². The van der Waals surface area contributed by atoms with E-state index in [0.717, 1.165) is 36.2 Å². The second-order valence-corrected chi connectivity index (χ2v) is 6.69. The summed E-state index contributed by atoms with van der Waals surface area (Å²) >= 11 is 11.4. The quantitative estimate of drug-likeness (QED) is 0.830. The standard InChI is InChI=1S/C18H20ClN3O2S/c19-15-5-3-14(4-6-15)7-8-20-18(25)22-11-9-21(10-12-22)17(23)16-2-1-13-24-16/h1-6,13H,7-12H2,(H,20,25). The van der Waals surface area contributed by atoms with Crippen molar-refractivity contribution < 1.29 is 9.21 Å². The molecule has 0 spiro atoms. The van der Waals surface area contributed by atoms with Crippen LogP contribution in [0.2, 0.25) is 5.02 Å². The SMILES string of the molecule is O=C(c1ccco1)N1CCN(C(=S)NCCc2ccc(Cl)cc2)CC1. The Balaban J connectivity index is 1.41. The summed E-state index contributed by atoms with van der Waals surface area (Å²) in [5.74, 6) is 0.323. The molecule has 1 saturated heterocycles. The molecule has 1 aliphatic heterocycles. The monoisotopic (exact) mass is 377 g/mol. The molecule has 1 N–H and O–H groups in total. The van der Waals surface area contributed by atoms with E-state index in [2.05, 4.69) is 10.2 Å². The van der Waals surface area contributed by atoms with Crippen LogP contribution in [0.5, 0.6) is 0 Å². The largest absolute Gasteiger partial charge is 0.459 e. The highest BCUT2D eigenvalue weighted by molar-refractivity contribution is 7.80. The van der Waals surface area contributed by atoms with Gasteiger partial charge in [-0.05, 0) is 48.5 Å². The average Bonchev–Trinajstić information content (AvgIpc) is 3.17. The number of halogens is 1. The number of thiocarbonyl (C=S) groups is 1. The molecule has 7 heteroatoms. The molecular formula is C18H20ClN3O2S. The predicted molar refractivity (Wildman–Crippen MR) is 102 cm³/mol. The first-order valence-electron chi connectivity index (χ1n) is 8.23. The zero-order valence-corrected chi connectivity index (χ0v) is 15.4. The number of nitrogens with zero attached hydrogens (tertiary/aromatic N) is 2. The Hall–Kier alpha value is -2.05. The highest BCUT2D eigenvalue weighted by Gasteiger charge is 2.24. The Morgan fingerprint density at radius 2 is 1.80 bits per heavy atom. The molecule has 0 atom stereocenters. The minimum absolute atomic E-state index is 0.0636. The number of furan rings is 1. The van der Waals surface area contributed by atoms with Crippen LogP contribution in [0.4, 0.5) is 0 Å². The van der Waals surface area contributed by atoms with E-state index >= 15 is 0 Å². The van der Waals surface area contributed by atoms with Gasteiger partial charge in [-0.3, -0.25) is 4.79 Å². The lowest BCUT2D eigenvalue weighted by atomic mass is 10.1. The molecular weight excluding hydrogens is 358 g/mol. The van der Waals surface area contributed by atoms with Crippen LogP contribution < -0.4 is 5.32 Å². The van der Waals surface area contributed by atoms with Crippen LogP contribution >= 0.6 is 23.8 Å². The normalized spacial score (nSPS) is 14.4. The summed E-state index contributed by atoms with van der Waals surface area (Å²) in [4.78, 5) is 16.1. The first kappa shape index (κ1) is 17.8. The number of hydrogen-bond acceptors (Lipinski definition) is 3. The topological polar surface area (TPSA) is 48.7 Å². The lowest BCUT2D eigenvalue weighted by Gasteiger charge is -2.35. The number of amides is 1. The van der Waals surface area contributed by atoms with E-state index in [1.54, 1.807) is 17.0 Å². The van der Waals surface area contributed by atoms with Gasteiger partial charge in [-0.15, -0.1) is 0 Å². The summed E-state index contributed by atoms with van der Waals surface area (Å²) in [6.45, 7) is 3.49. The molecule has 1 aromatic carbocycles. The maximum atomic E-state index is 12.2. The van der Waals surface area contributed by atoms with Crippen LogP contribution in [0.3, 0.4) is 0 Å². The number of nitrogens with one attached hydrogen (secondary N) is 1. The van der Waals surface area contributed by atoms with Gasteiger partial charge in [-0.25, -0.2) is 0 Å². The van der Waals surface area contributed by atoms with Gasteiger partial charge >= 0.3 is 0 Å². The maximum Gasteiger partial charge on any atom is 0.289 e. The third kappa shape index (κ3) is 4.74. The van der Waals surface area contributed by atoms with Gasteiger partial charge in [0.1, 0.15) is 0 Å². The first-order chi connectivity index (χ1) is 12.1. The Bertz CT molecular complexity index is 710. The van der Waals surface area contributed by atoms with Crippen LogP contribution in [-0.4, -0.2) is 53.5 Å². The third-order valence-corrected chi connectivity index (χ3v) is 4.84. The lowest BCUT2D eigenvalue weighted by molar-refractivity contribution is 0.0659. The number of piperazine rings is 1. The summed E-state index contributed by atoms with van der Waals surface area (Å²) in [5, 5.41) is 4.77. The van der Waals surface area contributed by atoms with E-state index in [-0.39, 0.29) is 5.91 Å². The number of hydrogen-bond donors (Lipinski definition) is 1. The predicted octanol–water partition coefficient (Wildman–Crippen LogP) is 2.81. The molecule has 3 rings (SSSR count). The molecule has 25 heavy (non-hydrogen) atoms. The Morgan fingerprint density at radius 3 is 2.44 bits per heavy atom. The summed E-state index contributed by atoms with van der Waals surface area (Å²) in [5.41, 5.74) is 1.22. The second kappa shape index (κ2) is 8.36. The van der Waals surface area contributed by atoms with Crippen molar-refractivity contribution in [2.45, 2.75) is 6.42 Å². The van der Waals surface area contributed by atoms with Gasteiger partial charge in [0.25, 0.3) is 5.91 Å². The number of carbonyl (C=O) groups is 1. The van der Waals surface area contributed by atoms with Crippen molar-refractivity contribution in [2.24, 2.45) is 0 Å². The van der Waals surface area contributed by atoms with E-state index in [1.165, 1.54) is 11.8 Å². The molecule has 0 unspecified atom stereocenters. The molecule has 0 aliphatic carbocycles. The average molecular weight is 378 g/mol.